The van der Waals surface area contributed by atoms with E-state index in [0.717, 1.165) is 4.47 Å². The number of amides is 1. The predicted molar refractivity (Wildman–Crippen MR) is 105 cm³/mol. The van der Waals surface area contributed by atoms with E-state index in [0.29, 0.717) is 23.7 Å². The number of sulfonamides is 1. The van der Waals surface area contributed by atoms with E-state index in [1.54, 1.807) is 34.9 Å². The molecule has 3 rings (SSSR count). The lowest BCUT2D eigenvalue weighted by molar-refractivity contribution is 0.101. The molecule has 2 N–H and O–H groups in total. The molecule has 0 aliphatic heterocycles. The van der Waals surface area contributed by atoms with Crippen molar-refractivity contribution in [3.05, 3.63) is 70.9 Å². The predicted octanol–water partition coefficient (Wildman–Crippen LogP) is 3.59. The molecular weight excluding hydrogens is 434 g/mol. The minimum Gasteiger partial charge on any atom is -0.468 e. The summed E-state index contributed by atoms with van der Waals surface area (Å²) in [6.45, 7) is 2.62. The first kappa shape index (κ1) is 19.4. The molecule has 0 aliphatic rings. The summed E-state index contributed by atoms with van der Waals surface area (Å²) in [6.07, 6.45) is 3.29. The van der Waals surface area contributed by atoms with Crippen LogP contribution in [0.25, 0.3) is 0 Å². The number of furan rings is 1. The van der Waals surface area contributed by atoms with Gasteiger partial charge in [-0.1, -0.05) is 6.07 Å². The van der Waals surface area contributed by atoms with E-state index < -0.39 is 10.0 Å². The van der Waals surface area contributed by atoms with Crippen LogP contribution in [0.1, 0.15) is 23.2 Å². The Balaban J connectivity index is 1.75. The molecule has 0 radical (unpaired) electrons. The molecular formula is C18H18BrN3O4S. The molecule has 2 aromatic heterocycles. The van der Waals surface area contributed by atoms with Gasteiger partial charge in [0.1, 0.15) is 11.5 Å². The Kier molecular flexibility index (Phi) is 5.83. The van der Waals surface area contributed by atoms with Gasteiger partial charge < -0.3 is 14.3 Å². The van der Waals surface area contributed by atoms with Crippen molar-refractivity contribution in [2.75, 3.05) is 5.32 Å². The quantitative estimate of drug-likeness (QED) is 0.573. The lowest BCUT2D eigenvalue weighted by Crippen LogP contribution is -2.23. The highest BCUT2D eigenvalue weighted by Gasteiger charge is 2.17. The summed E-state index contributed by atoms with van der Waals surface area (Å²) in [7, 11) is -3.74. The number of rotatable bonds is 7. The van der Waals surface area contributed by atoms with Crippen LogP contribution < -0.4 is 10.0 Å². The maximum Gasteiger partial charge on any atom is 0.272 e. The first-order valence-corrected chi connectivity index (χ1v) is 10.5. The fourth-order valence-corrected chi connectivity index (χ4v) is 4.03. The SMILES string of the molecule is CCn1cc(Br)cc1C(=O)Nc1cccc(S(=O)(=O)NCc2ccco2)c1. The van der Waals surface area contributed by atoms with Crippen molar-refractivity contribution in [3.63, 3.8) is 0 Å². The van der Waals surface area contributed by atoms with Crippen molar-refractivity contribution >= 4 is 37.5 Å². The van der Waals surface area contributed by atoms with Gasteiger partial charge in [0.05, 0.1) is 17.7 Å². The summed E-state index contributed by atoms with van der Waals surface area (Å²) >= 11 is 3.35. The number of aryl methyl sites for hydroxylation is 1. The van der Waals surface area contributed by atoms with Crippen LogP contribution in [-0.4, -0.2) is 18.9 Å². The van der Waals surface area contributed by atoms with Crippen molar-refractivity contribution in [3.8, 4) is 0 Å². The second-order valence-corrected chi connectivity index (χ2v) is 8.40. The number of hydrogen-bond donors (Lipinski definition) is 2. The standard InChI is InChI=1S/C18H18BrN3O4S/c1-2-22-12-13(19)9-17(22)18(23)21-14-5-3-7-16(10-14)27(24,25)20-11-15-6-4-8-26-15/h3-10,12,20H,2,11H2,1H3,(H,21,23). The molecule has 142 valence electrons. The number of anilines is 1. The second kappa shape index (κ2) is 8.12. The number of nitrogens with zero attached hydrogens (tertiary/aromatic N) is 1. The highest BCUT2D eigenvalue weighted by atomic mass is 79.9. The molecule has 7 nitrogen and oxygen atoms in total. The van der Waals surface area contributed by atoms with E-state index in [9.17, 15) is 13.2 Å². The highest BCUT2D eigenvalue weighted by molar-refractivity contribution is 9.10. The number of carbonyl (C=O) groups excluding carboxylic acids is 1. The van der Waals surface area contributed by atoms with Crippen molar-refractivity contribution in [1.29, 1.82) is 0 Å². The Hall–Kier alpha value is -2.36. The van der Waals surface area contributed by atoms with Gasteiger partial charge in [-0.05, 0) is 59.3 Å². The smallest absolute Gasteiger partial charge is 0.272 e. The van der Waals surface area contributed by atoms with Gasteiger partial charge in [0.15, 0.2) is 0 Å². The summed E-state index contributed by atoms with van der Waals surface area (Å²) in [6, 6.07) is 11.2. The number of benzene rings is 1. The van der Waals surface area contributed by atoms with Crippen molar-refractivity contribution in [2.24, 2.45) is 0 Å². The average Bonchev–Trinajstić information content (AvgIpc) is 3.29. The van der Waals surface area contributed by atoms with Crippen LogP contribution in [-0.2, 0) is 23.1 Å². The minimum absolute atomic E-state index is 0.0456. The van der Waals surface area contributed by atoms with E-state index in [1.807, 2.05) is 13.1 Å². The Bertz CT molecular complexity index is 1040. The zero-order valence-corrected chi connectivity index (χ0v) is 16.9. The zero-order chi connectivity index (χ0) is 19.4. The fourth-order valence-electron chi connectivity index (χ4n) is 2.53. The summed E-state index contributed by atoms with van der Waals surface area (Å²) in [4.78, 5) is 12.6. The molecule has 0 saturated carbocycles. The van der Waals surface area contributed by atoms with Crippen LogP contribution in [0.3, 0.4) is 0 Å². The fraction of sp³-hybridized carbons (Fsp3) is 0.167. The Labute approximate surface area is 165 Å². The third-order valence-corrected chi connectivity index (χ3v) is 5.69. The van der Waals surface area contributed by atoms with Crippen LogP contribution in [0.2, 0.25) is 0 Å². The van der Waals surface area contributed by atoms with Crippen LogP contribution >= 0.6 is 15.9 Å². The molecule has 0 spiro atoms. The molecule has 0 bridgehead atoms. The van der Waals surface area contributed by atoms with E-state index in [1.165, 1.54) is 18.4 Å². The van der Waals surface area contributed by atoms with Crippen LogP contribution in [0.15, 0.2) is 68.7 Å². The first-order chi connectivity index (χ1) is 12.9. The molecule has 0 saturated heterocycles. The van der Waals surface area contributed by atoms with Gasteiger partial charge in [-0.3, -0.25) is 4.79 Å². The van der Waals surface area contributed by atoms with Crippen molar-refractivity contribution in [2.45, 2.75) is 24.9 Å². The third kappa shape index (κ3) is 4.68. The molecule has 0 fully saturated rings. The summed E-state index contributed by atoms with van der Waals surface area (Å²) < 4.78 is 35.1. The first-order valence-electron chi connectivity index (χ1n) is 8.18. The topological polar surface area (TPSA) is 93.3 Å². The van der Waals surface area contributed by atoms with Gasteiger partial charge in [0, 0.05) is 22.9 Å². The van der Waals surface area contributed by atoms with E-state index in [4.69, 9.17) is 4.42 Å². The highest BCUT2D eigenvalue weighted by Crippen LogP contribution is 2.19. The van der Waals surface area contributed by atoms with Gasteiger partial charge in [0.2, 0.25) is 10.0 Å². The molecule has 27 heavy (non-hydrogen) atoms. The largest absolute Gasteiger partial charge is 0.468 e. The Morgan fingerprint density at radius 3 is 2.74 bits per heavy atom. The molecule has 1 aromatic carbocycles. The molecule has 3 aromatic rings. The van der Waals surface area contributed by atoms with Crippen molar-refractivity contribution < 1.29 is 17.6 Å². The Morgan fingerprint density at radius 1 is 1.22 bits per heavy atom. The number of hydrogen-bond acceptors (Lipinski definition) is 4. The lowest BCUT2D eigenvalue weighted by atomic mass is 10.3. The van der Waals surface area contributed by atoms with E-state index in [2.05, 4.69) is 26.0 Å². The van der Waals surface area contributed by atoms with E-state index in [-0.39, 0.29) is 17.3 Å². The molecule has 9 heteroatoms. The van der Waals surface area contributed by atoms with Gasteiger partial charge in [0.25, 0.3) is 5.91 Å². The normalized spacial score (nSPS) is 11.5. The summed E-state index contributed by atoms with van der Waals surface area (Å²) in [5.74, 6) is 0.189. The number of nitrogens with one attached hydrogen (secondary N) is 2. The summed E-state index contributed by atoms with van der Waals surface area (Å²) in [5.41, 5.74) is 0.870. The minimum atomic E-state index is -3.74. The number of aromatic nitrogens is 1. The molecule has 0 aliphatic carbocycles. The number of halogens is 1. The van der Waals surface area contributed by atoms with Gasteiger partial charge in [-0.15, -0.1) is 0 Å². The third-order valence-electron chi connectivity index (χ3n) is 3.86. The zero-order valence-electron chi connectivity index (χ0n) is 14.5. The second-order valence-electron chi connectivity index (χ2n) is 5.72. The van der Waals surface area contributed by atoms with Crippen LogP contribution in [0, 0.1) is 0 Å². The maximum atomic E-state index is 12.5. The molecule has 1 amide bonds. The summed E-state index contributed by atoms with van der Waals surface area (Å²) in [5, 5.41) is 2.74. The molecule has 2 heterocycles. The molecule has 0 unspecified atom stereocenters. The lowest BCUT2D eigenvalue weighted by Gasteiger charge is -2.10. The van der Waals surface area contributed by atoms with Crippen LogP contribution in [0.5, 0.6) is 0 Å². The monoisotopic (exact) mass is 451 g/mol. The van der Waals surface area contributed by atoms with Crippen molar-refractivity contribution in [1.82, 2.24) is 9.29 Å². The Morgan fingerprint density at radius 2 is 2.04 bits per heavy atom. The number of carbonyl (C=O) groups is 1. The maximum absolute atomic E-state index is 12.5. The van der Waals surface area contributed by atoms with Gasteiger partial charge >= 0.3 is 0 Å². The van der Waals surface area contributed by atoms with Gasteiger partial charge in [-0.25, -0.2) is 13.1 Å². The average molecular weight is 452 g/mol. The molecule has 0 atom stereocenters. The van der Waals surface area contributed by atoms with Gasteiger partial charge in [-0.2, -0.15) is 0 Å². The van der Waals surface area contributed by atoms with Crippen LogP contribution in [0.4, 0.5) is 5.69 Å². The van der Waals surface area contributed by atoms with E-state index >= 15 is 0 Å².